The Morgan fingerprint density at radius 2 is 2.22 bits per heavy atom. The summed E-state index contributed by atoms with van der Waals surface area (Å²) in [6.07, 6.45) is 1.83. The van der Waals surface area contributed by atoms with E-state index in [0.717, 1.165) is 23.3 Å². The Balaban J connectivity index is 2.67. The fourth-order valence-corrected chi connectivity index (χ4v) is 2.37. The Morgan fingerprint density at radius 1 is 1.44 bits per heavy atom. The van der Waals surface area contributed by atoms with E-state index < -0.39 is 0 Å². The van der Waals surface area contributed by atoms with Crippen LogP contribution < -0.4 is 5.32 Å². The molecule has 0 aliphatic rings. The van der Waals surface area contributed by atoms with E-state index in [1.807, 2.05) is 10.9 Å². The van der Waals surface area contributed by atoms with Gasteiger partial charge < -0.3 is 14.8 Å². The molecule has 1 heterocycles. The zero-order chi connectivity index (χ0) is 13.4. The fraction of sp³-hybridized carbons (Fsp3) is 0.750. The van der Waals surface area contributed by atoms with E-state index in [4.69, 9.17) is 9.47 Å². The average Bonchev–Trinajstić information content (AvgIpc) is 2.74. The van der Waals surface area contributed by atoms with Gasteiger partial charge in [-0.15, -0.1) is 0 Å². The summed E-state index contributed by atoms with van der Waals surface area (Å²) < 4.78 is 13.6. The quantitative estimate of drug-likeness (QED) is 0.707. The number of likely N-dealkylation sites (N-methyl/N-ethyl adjacent to an activating group) is 1. The molecule has 0 saturated carbocycles. The van der Waals surface area contributed by atoms with Gasteiger partial charge in [-0.3, -0.25) is 4.68 Å². The van der Waals surface area contributed by atoms with Crippen LogP contribution in [0.5, 0.6) is 0 Å². The second kappa shape index (κ2) is 8.63. The monoisotopic (exact) mass is 319 g/mol. The Labute approximate surface area is 117 Å². The molecule has 1 N–H and O–H groups in total. The minimum absolute atomic E-state index is 0.142. The van der Waals surface area contributed by atoms with Crippen molar-refractivity contribution in [1.82, 2.24) is 15.1 Å². The summed E-state index contributed by atoms with van der Waals surface area (Å²) in [5, 5.41) is 7.75. The molecule has 0 radical (unpaired) electrons. The maximum absolute atomic E-state index is 5.62. The van der Waals surface area contributed by atoms with Gasteiger partial charge in [0.15, 0.2) is 0 Å². The molecule has 104 valence electrons. The maximum Gasteiger partial charge on any atom is 0.0741 e. The van der Waals surface area contributed by atoms with Crippen molar-refractivity contribution < 1.29 is 9.47 Å². The number of nitrogens with one attached hydrogen (secondary N) is 1. The highest BCUT2D eigenvalue weighted by Crippen LogP contribution is 2.23. The fourth-order valence-electron chi connectivity index (χ4n) is 1.79. The Kier molecular flexibility index (Phi) is 7.50. The van der Waals surface area contributed by atoms with E-state index in [0.29, 0.717) is 19.8 Å². The lowest BCUT2D eigenvalue weighted by molar-refractivity contribution is 0.0575. The third kappa shape index (κ3) is 4.35. The minimum Gasteiger partial charge on any atom is -0.382 e. The standard InChI is InChI=1S/C12H22BrN3O2/c1-4-14-11(9-18-7-6-17-3)12-10(13)8-15-16(12)5-2/h8,11,14H,4-7,9H2,1-3H3. The van der Waals surface area contributed by atoms with Crippen molar-refractivity contribution in [2.75, 3.05) is 33.5 Å². The van der Waals surface area contributed by atoms with Crippen molar-refractivity contribution in [3.05, 3.63) is 16.4 Å². The number of methoxy groups -OCH3 is 1. The normalized spacial score (nSPS) is 12.9. The van der Waals surface area contributed by atoms with Crippen LogP contribution >= 0.6 is 15.9 Å². The van der Waals surface area contributed by atoms with Gasteiger partial charge in [-0.1, -0.05) is 6.92 Å². The smallest absolute Gasteiger partial charge is 0.0741 e. The third-order valence-electron chi connectivity index (χ3n) is 2.63. The molecule has 1 atom stereocenters. The first-order valence-corrected chi connectivity index (χ1v) is 7.05. The highest BCUT2D eigenvalue weighted by molar-refractivity contribution is 9.10. The van der Waals surface area contributed by atoms with Gasteiger partial charge in [0.05, 0.1) is 42.2 Å². The van der Waals surface area contributed by atoms with Crippen LogP contribution in [0.3, 0.4) is 0 Å². The van der Waals surface area contributed by atoms with Crippen molar-refractivity contribution in [1.29, 1.82) is 0 Å². The maximum atomic E-state index is 5.62. The number of ether oxygens (including phenoxy) is 2. The first-order chi connectivity index (χ1) is 8.74. The summed E-state index contributed by atoms with van der Waals surface area (Å²) in [6.45, 7) is 7.74. The zero-order valence-electron chi connectivity index (χ0n) is 11.3. The number of aromatic nitrogens is 2. The van der Waals surface area contributed by atoms with Crippen LogP contribution in [-0.4, -0.2) is 43.3 Å². The highest BCUT2D eigenvalue weighted by Gasteiger charge is 2.18. The molecule has 0 aliphatic heterocycles. The molecule has 5 nitrogen and oxygen atoms in total. The van der Waals surface area contributed by atoms with Crippen LogP contribution in [0.15, 0.2) is 10.7 Å². The van der Waals surface area contributed by atoms with E-state index in [1.165, 1.54) is 0 Å². The summed E-state index contributed by atoms with van der Waals surface area (Å²) in [4.78, 5) is 0. The Bertz CT molecular complexity index is 344. The topological polar surface area (TPSA) is 48.3 Å². The van der Waals surface area contributed by atoms with Crippen molar-refractivity contribution in [3.8, 4) is 0 Å². The lowest BCUT2D eigenvalue weighted by atomic mass is 10.2. The molecule has 0 aliphatic carbocycles. The van der Waals surface area contributed by atoms with Crippen molar-refractivity contribution in [3.63, 3.8) is 0 Å². The summed E-state index contributed by atoms with van der Waals surface area (Å²) in [5.41, 5.74) is 1.14. The molecular weight excluding hydrogens is 298 g/mol. The number of rotatable bonds is 9. The van der Waals surface area contributed by atoms with E-state index in [9.17, 15) is 0 Å². The lowest BCUT2D eigenvalue weighted by Crippen LogP contribution is -2.28. The van der Waals surface area contributed by atoms with Crippen LogP contribution in [0.1, 0.15) is 25.6 Å². The van der Waals surface area contributed by atoms with Gasteiger partial charge in [0.25, 0.3) is 0 Å². The first-order valence-electron chi connectivity index (χ1n) is 6.25. The molecule has 0 saturated heterocycles. The predicted molar refractivity (Wildman–Crippen MR) is 74.7 cm³/mol. The van der Waals surface area contributed by atoms with E-state index in [1.54, 1.807) is 7.11 Å². The van der Waals surface area contributed by atoms with E-state index in [-0.39, 0.29) is 6.04 Å². The van der Waals surface area contributed by atoms with Gasteiger partial charge in [-0.25, -0.2) is 0 Å². The second-order valence-corrected chi connectivity index (χ2v) is 4.73. The molecule has 1 rings (SSSR count). The van der Waals surface area contributed by atoms with Gasteiger partial charge in [0.2, 0.25) is 0 Å². The lowest BCUT2D eigenvalue weighted by Gasteiger charge is -2.19. The summed E-state index contributed by atoms with van der Waals surface area (Å²) >= 11 is 3.55. The molecule has 0 fully saturated rings. The first kappa shape index (κ1) is 15.6. The van der Waals surface area contributed by atoms with Gasteiger partial charge in [-0.05, 0) is 29.4 Å². The van der Waals surface area contributed by atoms with Crippen LogP contribution in [0, 0.1) is 0 Å². The Hall–Kier alpha value is -0.430. The number of nitrogens with zero attached hydrogens (tertiary/aromatic N) is 2. The molecule has 0 aromatic carbocycles. The number of halogens is 1. The molecule has 6 heteroatoms. The summed E-state index contributed by atoms with van der Waals surface area (Å²) in [7, 11) is 1.67. The SMILES string of the molecule is CCNC(COCCOC)c1c(Br)cnn1CC. The minimum atomic E-state index is 0.142. The van der Waals surface area contributed by atoms with Gasteiger partial charge in [0.1, 0.15) is 0 Å². The molecule has 1 aromatic rings. The van der Waals surface area contributed by atoms with Crippen LogP contribution in [0.25, 0.3) is 0 Å². The third-order valence-corrected chi connectivity index (χ3v) is 3.24. The zero-order valence-corrected chi connectivity index (χ0v) is 12.9. The van der Waals surface area contributed by atoms with E-state index in [2.05, 4.69) is 40.2 Å². The van der Waals surface area contributed by atoms with Gasteiger partial charge in [-0.2, -0.15) is 5.10 Å². The van der Waals surface area contributed by atoms with Crippen molar-refractivity contribution in [2.24, 2.45) is 0 Å². The van der Waals surface area contributed by atoms with Crippen LogP contribution in [0.4, 0.5) is 0 Å². The Morgan fingerprint density at radius 3 is 2.83 bits per heavy atom. The number of aryl methyl sites for hydroxylation is 1. The number of hydrogen-bond acceptors (Lipinski definition) is 4. The van der Waals surface area contributed by atoms with Gasteiger partial charge >= 0.3 is 0 Å². The highest BCUT2D eigenvalue weighted by atomic mass is 79.9. The predicted octanol–water partition coefficient (Wildman–Crippen LogP) is 1.98. The van der Waals surface area contributed by atoms with Gasteiger partial charge in [0, 0.05) is 13.7 Å². The van der Waals surface area contributed by atoms with Crippen molar-refractivity contribution >= 4 is 15.9 Å². The van der Waals surface area contributed by atoms with Crippen LogP contribution in [-0.2, 0) is 16.0 Å². The average molecular weight is 320 g/mol. The second-order valence-electron chi connectivity index (χ2n) is 3.87. The molecule has 0 spiro atoms. The molecule has 1 aromatic heterocycles. The summed E-state index contributed by atoms with van der Waals surface area (Å²) in [5.74, 6) is 0. The van der Waals surface area contributed by atoms with Crippen molar-refractivity contribution in [2.45, 2.75) is 26.4 Å². The van der Waals surface area contributed by atoms with E-state index >= 15 is 0 Å². The molecule has 0 amide bonds. The molecular formula is C12H22BrN3O2. The largest absolute Gasteiger partial charge is 0.382 e. The summed E-state index contributed by atoms with van der Waals surface area (Å²) in [6, 6.07) is 0.142. The molecule has 1 unspecified atom stereocenters. The molecule has 18 heavy (non-hydrogen) atoms. The number of hydrogen-bond donors (Lipinski definition) is 1. The van der Waals surface area contributed by atoms with Crippen LogP contribution in [0.2, 0.25) is 0 Å². The molecule has 0 bridgehead atoms.